The Kier molecular flexibility index (Phi) is 8.28. The molecule has 0 aromatic carbocycles. The Labute approximate surface area is 292 Å². The van der Waals surface area contributed by atoms with Crippen molar-refractivity contribution in [2.75, 3.05) is 61.1 Å². The van der Waals surface area contributed by atoms with Crippen LogP contribution in [0.5, 0.6) is 0 Å². The summed E-state index contributed by atoms with van der Waals surface area (Å²) in [5.41, 5.74) is 4.12. The van der Waals surface area contributed by atoms with Crippen LogP contribution in [0.1, 0.15) is 32.3 Å². The van der Waals surface area contributed by atoms with Crippen LogP contribution in [0.4, 0.5) is 23.0 Å². The van der Waals surface area contributed by atoms with E-state index >= 15 is 0 Å². The number of aryl methyl sites for hydroxylation is 1. The minimum Gasteiger partial charge on any atom is -0.392 e. The highest BCUT2D eigenvalue weighted by atomic mass is 16.5. The molecule has 262 valence electrons. The average Bonchev–Trinajstić information content (AvgIpc) is 3.58. The van der Waals surface area contributed by atoms with Gasteiger partial charge >= 0.3 is 0 Å². The number of aliphatic hydroxyl groups is 1. The van der Waals surface area contributed by atoms with Crippen molar-refractivity contribution in [2.45, 2.75) is 51.4 Å². The number of hydrogen-bond donors (Lipinski definition) is 2. The Morgan fingerprint density at radius 3 is 2.62 bits per heavy atom. The fourth-order valence-corrected chi connectivity index (χ4v) is 8.67. The molecule has 12 heteroatoms. The predicted molar refractivity (Wildman–Crippen MR) is 193 cm³/mol. The fourth-order valence-electron chi connectivity index (χ4n) is 8.67. The van der Waals surface area contributed by atoms with E-state index in [2.05, 4.69) is 56.5 Å². The zero-order valence-electron chi connectivity index (χ0n) is 29.1. The number of nitrogens with one attached hydrogen (secondary N) is 1. The third kappa shape index (κ3) is 5.69. The normalized spacial score (nSPS) is 24.9. The van der Waals surface area contributed by atoms with E-state index in [1.165, 1.54) is 4.57 Å². The molecule has 0 spiro atoms. The van der Waals surface area contributed by atoms with Crippen molar-refractivity contribution in [3.05, 3.63) is 83.2 Å². The molecule has 4 aliphatic heterocycles. The second kappa shape index (κ2) is 12.7. The summed E-state index contributed by atoms with van der Waals surface area (Å²) in [7, 11) is 1.70. The van der Waals surface area contributed by atoms with Crippen molar-refractivity contribution in [1.82, 2.24) is 24.3 Å². The maximum absolute atomic E-state index is 13.9. The van der Waals surface area contributed by atoms with Gasteiger partial charge in [0.15, 0.2) is 0 Å². The largest absolute Gasteiger partial charge is 0.392 e. The number of piperazine rings is 2. The van der Waals surface area contributed by atoms with Crippen molar-refractivity contribution >= 4 is 28.9 Å². The maximum atomic E-state index is 13.9. The molecule has 7 heterocycles. The summed E-state index contributed by atoms with van der Waals surface area (Å²) >= 11 is 0. The van der Waals surface area contributed by atoms with Crippen molar-refractivity contribution in [1.29, 1.82) is 0 Å². The zero-order valence-corrected chi connectivity index (χ0v) is 29.1. The smallest absolute Gasteiger partial charge is 0.275 e. The van der Waals surface area contributed by atoms with Gasteiger partial charge in [-0.05, 0) is 48.1 Å². The molecule has 50 heavy (non-hydrogen) atoms. The summed E-state index contributed by atoms with van der Waals surface area (Å²) in [6.45, 7) is 13.9. The number of nitrogens with zero attached hydrogens (tertiary/aromatic N) is 7. The Balaban J connectivity index is 1.03. The molecule has 8 rings (SSSR count). The second-order valence-corrected chi connectivity index (χ2v) is 15.1. The number of ether oxygens (including phenoxy) is 1. The first-order valence-corrected chi connectivity index (χ1v) is 17.7. The van der Waals surface area contributed by atoms with Crippen LogP contribution in [-0.2, 0) is 23.2 Å². The Morgan fingerprint density at radius 1 is 1.08 bits per heavy atom. The van der Waals surface area contributed by atoms with Crippen LogP contribution in [-0.4, -0.2) is 99.4 Å². The molecule has 4 fully saturated rings. The molecule has 1 amide bonds. The topological polar surface area (TPSA) is 119 Å². The zero-order chi connectivity index (χ0) is 34.7. The van der Waals surface area contributed by atoms with E-state index in [4.69, 9.17) is 4.74 Å². The van der Waals surface area contributed by atoms with E-state index in [9.17, 15) is 14.7 Å². The van der Waals surface area contributed by atoms with Gasteiger partial charge in [-0.15, -0.1) is 6.58 Å². The SMILES string of the molecule is C=C[C@H]1CN(C2COC2)CCN1c1ccc(Nc2cc(-c3ccnc(N4CCN5C(=CC6CC(C)(C)CC65)C4=O)c3CO)cn(C)c2=O)nc1. The monoisotopic (exact) mass is 678 g/mol. The van der Waals surface area contributed by atoms with E-state index in [1.54, 1.807) is 30.4 Å². The van der Waals surface area contributed by atoms with Gasteiger partial charge < -0.3 is 29.5 Å². The molecule has 3 aromatic rings. The van der Waals surface area contributed by atoms with Crippen LogP contribution in [0.25, 0.3) is 11.1 Å². The minimum absolute atomic E-state index is 0.0746. The summed E-state index contributed by atoms with van der Waals surface area (Å²) in [6.07, 6.45) is 11.5. The molecule has 5 aliphatic rings. The summed E-state index contributed by atoms with van der Waals surface area (Å²) < 4.78 is 6.92. The van der Waals surface area contributed by atoms with Crippen LogP contribution in [0.2, 0.25) is 0 Å². The van der Waals surface area contributed by atoms with E-state index < -0.39 is 0 Å². The van der Waals surface area contributed by atoms with Gasteiger partial charge in [-0.1, -0.05) is 26.0 Å². The highest BCUT2D eigenvalue weighted by Gasteiger charge is 2.49. The predicted octanol–water partition coefficient (Wildman–Crippen LogP) is 3.50. The first-order chi connectivity index (χ1) is 24.1. The number of carbonyl (C=O) groups excluding carboxylic acids is 1. The minimum atomic E-state index is -0.312. The first kappa shape index (κ1) is 32.7. The average molecular weight is 679 g/mol. The van der Waals surface area contributed by atoms with Crippen LogP contribution in [0.3, 0.4) is 0 Å². The standard InChI is InChI=1S/C38H46N8O4/c1-5-26-20-43(28-22-50-23-28)10-11-44(26)27-6-7-34(40-18-27)41-31-14-25(19-42(4)36(31)48)29-8-9-39-35(30(29)21-47)46-13-12-45-32(37(46)49)15-24-16-38(2,3)17-33(24)45/h5-9,14-15,18-19,24,26,28,33,47H,1,10-13,16-17,20-23H2,2-4H3,(H,40,41)/t24?,26-,33?/m0/s1. The molecule has 2 unspecified atom stereocenters. The molecule has 0 bridgehead atoms. The summed E-state index contributed by atoms with van der Waals surface area (Å²) in [6, 6.07) is 8.53. The van der Waals surface area contributed by atoms with E-state index in [-0.39, 0.29) is 29.5 Å². The van der Waals surface area contributed by atoms with Gasteiger partial charge in [0.25, 0.3) is 11.5 Å². The lowest BCUT2D eigenvalue weighted by molar-refractivity contribution is -0.118. The lowest BCUT2D eigenvalue weighted by Gasteiger charge is -2.46. The number of anilines is 4. The van der Waals surface area contributed by atoms with Crippen LogP contribution < -0.4 is 20.7 Å². The Morgan fingerprint density at radius 2 is 1.90 bits per heavy atom. The van der Waals surface area contributed by atoms with Crippen LogP contribution >= 0.6 is 0 Å². The lowest BCUT2D eigenvalue weighted by Crippen LogP contribution is -2.60. The van der Waals surface area contributed by atoms with Crippen molar-refractivity contribution < 1.29 is 14.6 Å². The lowest BCUT2D eigenvalue weighted by atomic mass is 9.90. The van der Waals surface area contributed by atoms with E-state index in [0.29, 0.717) is 58.6 Å². The van der Waals surface area contributed by atoms with Gasteiger partial charge in [0.2, 0.25) is 0 Å². The molecular formula is C38H46N8O4. The molecule has 12 nitrogen and oxygen atoms in total. The van der Waals surface area contributed by atoms with E-state index in [0.717, 1.165) is 63.6 Å². The molecule has 3 atom stereocenters. The molecule has 0 radical (unpaired) electrons. The number of pyridine rings is 3. The number of fused-ring (bicyclic) bond motifs is 3. The quantitative estimate of drug-likeness (QED) is 0.343. The van der Waals surface area contributed by atoms with Crippen molar-refractivity contribution in [3.63, 3.8) is 0 Å². The number of aromatic nitrogens is 3. The van der Waals surface area contributed by atoms with Gasteiger partial charge in [0, 0.05) is 75.3 Å². The summed E-state index contributed by atoms with van der Waals surface area (Å²) in [5.74, 6) is 1.31. The van der Waals surface area contributed by atoms with Crippen LogP contribution in [0.15, 0.2) is 72.1 Å². The van der Waals surface area contributed by atoms with Crippen LogP contribution in [0, 0.1) is 11.3 Å². The molecule has 1 saturated carbocycles. The van der Waals surface area contributed by atoms with E-state index in [1.807, 2.05) is 30.5 Å². The Bertz CT molecular complexity index is 1900. The number of hydrogen-bond acceptors (Lipinski definition) is 10. The number of carbonyl (C=O) groups is 1. The van der Waals surface area contributed by atoms with Gasteiger partial charge in [0.1, 0.15) is 17.3 Å². The maximum Gasteiger partial charge on any atom is 0.275 e. The second-order valence-electron chi connectivity index (χ2n) is 15.1. The molecular weight excluding hydrogens is 632 g/mol. The fraction of sp³-hybridized carbons (Fsp3) is 0.474. The first-order valence-electron chi connectivity index (χ1n) is 17.7. The number of rotatable bonds is 8. The van der Waals surface area contributed by atoms with Crippen molar-refractivity contribution in [2.24, 2.45) is 18.4 Å². The molecule has 1 aliphatic carbocycles. The molecule has 3 aromatic heterocycles. The molecule has 2 N–H and O–H groups in total. The highest BCUT2D eigenvalue weighted by Crippen LogP contribution is 2.49. The van der Waals surface area contributed by atoms with Crippen molar-refractivity contribution in [3.8, 4) is 11.1 Å². The highest BCUT2D eigenvalue weighted by molar-refractivity contribution is 6.06. The number of aliphatic hydroxyl groups excluding tert-OH is 1. The third-order valence-corrected chi connectivity index (χ3v) is 11.3. The summed E-state index contributed by atoms with van der Waals surface area (Å²) in [5, 5.41) is 13.9. The van der Waals surface area contributed by atoms with Gasteiger partial charge in [-0.25, -0.2) is 9.97 Å². The Hall–Kier alpha value is -4.52. The number of amides is 1. The summed E-state index contributed by atoms with van der Waals surface area (Å²) in [4.78, 5) is 45.3. The third-order valence-electron chi connectivity index (χ3n) is 11.3. The molecule has 3 saturated heterocycles. The van der Waals surface area contributed by atoms with Gasteiger partial charge in [0.05, 0.1) is 49.5 Å². The van der Waals surface area contributed by atoms with Gasteiger partial charge in [-0.3, -0.25) is 19.4 Å². The van der Waals surface area contributed by atoms with Gasteiger partial charge in [-0.2, -0.15) is 0 Å².